The first-order valence-electron chi connectivity index (χ1n) is 6.64. The SMILES string of the molecule is NC(=NO)c1ccccc1N(Cc1ccsc1)C1CC1. The van der Waals surface area contributed by atoms with Crippen LogP contribution >= 0.6 is 11.3 Å². The summed E-state index contributed by atoms with van der Waals surface area (Å²) in [6, 6.07) is 10.5. The molecule has 1 aromatic heterocycles. The van der Waals surface area contributed by atoms with Gasteiger partial charge in [-0.05, 0) is 47.4 Å². The van der Waals surface area contributed by atoms with Gasteiger partial charge in [0.05, 0.1) is 0 Å². The zero-order valence-corrected chi connectivity index (χ0v) is 11.9. The van der Waals surface area contributed by atoms with Crippen molar-refractivity contribution >= 4 is 22.9 Å². The molecule has 5 heteroatoms. The number of amidine groups is 1. The van der Waals surface area contributed by atoms with Crippen molar-refractivity contribution in [2.45, 2.75) is 25.4 Å². The largest absolute Gasteiger partial charge is 0.409 e. The zero-order chi connectivity index (χ0) is 13.9. The van der Waals surface area contributed by atoms with Gasteiger partial charge < -0.3 is 15.8 Å². The van der Waals surface area contributed by atoms with E-state index in [9.17, 15) is 0 Å². The lowest BCUT2D eigenvalue weighted by Gasteiger charge is -2.26. The van der Waals surface area contributed by atoms with Gasteiger partial charge in [0.25, 0.3) is 0 Å². The Balaban J connectivity index is 1.95. The van der Waals surface area contributed by atoms with E-state index in [1.807, 2.05) is 24.3 Å². The molecule has 3 rings (SSSR count). The number of para-hydroxylation sites is 1. The fraction of sp³-hybridized carbons (Fsp3) is 0.267. The van der Waals surface area contributed by atoms with Crippen molar-refractivity contribution in [3.8, 4) is 0 Å². The van der Waals surface area contributed by atoms with Crippen LogP contribution in [-0.4, -0.2) is 17.1 Å². The van der Waals surface area contributed by atoms with Crippen LogP contribution in [0.4, 0.5) is 5.69 Å². The average Bonchev–Trinajstić information content (AvgIpc) is 3.20. The van der Waals surface area contributed by atoms with Crippen molar-refractivity contribution in [3.05, 3.63) is 52.2 Å². The Bertz CT molecular complexity index is 605. The molecule has 0 spiro atoms. The van der Waals surface area contributed by atoms with Crippen molar-refractivity contribution < 1.29 is 5.21 Å². The van der Waals surface area contributed by atoms with Crippen LogP contribution in [0, 0.1) is 0 Å². The molecule has 1 aliphatic carbocycles. The summed E-state index contributed by atoms with van der Waals surface area (Å²) < 4.78 is 0. The Morgan fingerprint density at radius 1 is 1.35 bits per heavy atom. The van der Waals surface area contributed by atoms with E-state index in [1.165, 1.54) is 18.4 Å². The van der Waals surface area contributed by atoms with Crippen LogP contribution in [-0.2, 0) is 6.54 Å². The van der Waals surface area contributed by atoms with Gasteiger partial charge >= 0.3 is 0 Å². The Hall–Kier alpha value is -2.01. The number of benzene rings is 1. The molecule has 1 aliphatic rings. The molecule has 0 radical (unpaired) electrons. The van der Waals surface area contributed by atoms with Gasteiger partial charge in [-0.1, -0.05) is 17.3 Å². The maximum Gasteiger partial charge on any atom is 0.172 e. The highest BCUT2D eigenvalue weighted by Gasteiger charge is 2.30. The maximum atomic E-state index is 8.95. The summed E-state index contributed by atoms with van der Waals surface area (Å²) in [6.07, 6.45) is 2.41. The zero-order valence-electron chi connectivity index (χ0n) is 11.1. The fourth-order valence-corrected chi connectivity index (χ4v) is 3.03. The maximum absolute atomic E-state index is 8.95. The molecule has 1 saturated carbocycles. The summed E-state index contributed by atoms with van der Waals surface area (Å²) in [6.45, 7) is 0.865. The highest BCUT2D eigenvalue weighted by atomic mass is 32.1. The van der Waals surface area contributed by atoms with Crippen LogP contribution in [0.15, 0.2) is 46.2 Å². The van der Waals surface area contributed by atoms with Crippen molar-refractivity contribution in [3.63, 3.8) is 0 Å². The van der Waals surface area contributed by atoms with Gasteiger partial charge in [-0.3, -0.25) is 0 Å². The Labute approximate surface area is 122 Å². The Morgan fingerprint density at radius 3 is 2.80 bits per heavy atom. The fourth-order valence-electron chi connectivity index (χ4n) is 2.37. The summed E-state index contributed by atoms with van der Waals surface area (Å²) in [5.74, 6) is 0.163. The minimum atomic E-state index is 0.163. The quantitative estimate of drug-likeness (QED) is 0.384. The van der Waals surface area contributed by atoms with Crippen LogP contribution in [0.3, 0.4) is 0 Å². The third-order valence-electron chi connectivity index (χ3n) is 3.52. The topological polar surface area (TPSA) is 61.9 Å². The predicted octanol–water partition coefficient (Wildman–Crippen LogP) is 3.01. The van der Waals surface area contributed by atoms with E-state index in [2.05, 4.69) is 26.9 Å². The van der Waals surface area contributed by atoms with Gasteiger partial charge in [-0.25, -0.2) is 0 Å². The summed E-state index contributed by atoms with van der Waals surface area (Å²) >= 11 is 1.71. The van der Waals surface area contributed by atoms with Crippen molar-refractivity contribution in [2.24, 2.45) is 10.9 Å². The van der Waals surface area contributed by atoms with E-state index >= 15 is 0 Å². The number of hydrogen-bond acceptors (Lipinski definition) is 4. The smallest absolute Gasteiger partial charge is 0.172 e. The molecule has 1 heterocycles. The predicted molar refractivity (Wildman–Crippen MR) is 82.5 cm³/mol. The lowest BCUT2D eigenvalue weighted by molar-refractivity contribution is 0.318. The molecule has 0 saturated heterocycles. The molecule has 0 atom stereocenters. The van der Waals surface area contributed by atoms with E-state index in [0.717, 1.165) is 17.8 Å². The minimum Gasteiger partial charge on any atom is -0.409 e. The first-order valence-corrected chi connectivity index (χ1v) is 7.58. The molecule has 104 valence electrons. The number of nitrogens with two attached hydrogens (primary N) is 1. The molecule has 0 bridgehead atoms. The third-order valence-corrected chi connectivity index (χ3v) is 4.25. The molecule has 1 fully saturated rings. The van der Waals surface area contributed by atoms with Gasteiger partial charge in [0, 0.05) is 23.8 Å². The third kappa shape index (κ3) is 2.63. The van der Waals surface area contributed by atoms with Gasteiger partial charge in [0.2, 0.25) is 0 Å². The van der Waals surface area contributed by atoms with E-state index in [0.29, 0.717) is 6.04 Å². The molecular formula is C15H17N3OS. The molecule has 1 aromatic carbocycles. The number of oxime groups is 1. The van der Waals surface area contributed by atoms with Gasteiger partial charge in [-0.15, -0.1) is 0 Å². The van der Waals surface area contributed by atoms with Gasteiger partial charge in [-0.2, -0.15) is 11.3 Å². The standard InChI is InChI=1S/C15H17N3OS/c16-15(17-19)13-3-1-2-4-14(13)18(12-5-6-12)9-11-7-8-20-10-11/h1-4,7-8,10,12,19H,5-6,9H2,(H2,16,17). The molecule has 3 N–H and O–H groups in total. The molecule has 0 amide bonds. The van der Waals surface area contributed by atoms with Crippen LogP contribution in [0.1, 0.15) is 24.0 Å². The molecular weight excluding hydrogens is 270 g/mol. The summed E-state index contributed by atoms with van der Waals surface area (Å²) in [4.78, 5) is 2.36. The number of anilines is 1. The first kappa shape index (κ1) is 13.0. The van der Waals surface area contributed by atoms with Crippen molar-refractivity contribution in [1.29, 1.82) is 0 Å². The molecule has 20 heavy (non-hydrogen) atoms. The second-order valence-corrected chi connectivity index (χ2v) is 5.77. The lowest BCUT2D eigenvalue weighted by atomic mass is 10.1. The monoisotopic (exact) mass is 287 g/mol. The van der Waals surface area contributed by atoms with Crippen LogP contribution in [0.5, 0.6) is 0 Å². The highest BCUT2D eigenvalue weighted by molar-refractivity contribution is 7.07. The number of nitrogens with zero attached hydrogens (tertiary/aromatic N) is 2. The number of thiophene rings is 1. The highest BCUT2D eigenvalue weighted by Crippen LogP contribution is 2.35. The minimum absolute atomic E-state index is 0.163. The summed E-state index contributed by atoms with van der Waals surface area (Å²) in [5.41, 5.74) is 8.93. The Kier molecular flexibility index (Phi) is 3.60. The normalized spacial score (nSPS) is 15.3. The molecule has 2 aromatic rings. The van der Waals surface area contributed by atoms with Gasteiger partial charge in [0.15, 0.2) is 5.84 Å². The molecule has 0 aliphatic heterocycles. The van der Waals surface area contributed by atoms with E-state index in [1.54, 1.807) is 11.3 Å². The molecule has 0 unspecified atom stereocenters. The second kappa shape index (κ2) is 5.54. The lowest BCUT2D eigenvalue weighted by Crippen LogP contribution is -2.28. The van der Waals surface area contributed by atoms with Crippen LogP contribution in [0.2, 0.25) is 0 Å². The van der Waals surface area contributed by atoms with Crippen molar-refractivity contribution in [1.82, 2.24) is 0 Å². The van der Waals surface area contributed by atoms with E-state index in [4.69, 9.17) is 10.9 Å². The van der Waals surface area contributed by atoms with E-state index in [-0.39, 0.29) is 5.84 Å². The summed E-state index contributed by atoms with van der Waals surface area (Å²) in [5, 5.41) is 16.4. The average molecular weight is 287 g/mol. The van der Waals surface area contributed by atoms with Crippen LogP contribution < -0.4 is 10.6 Å². The van der Waals surface area contributed by atoms with Gasteiger partial charge in [0.1, 0.15) is 0 Å². The van der Waals surface area contributed by atoms with E-state index < -0.39 is 0 Å². The summed E-state index contributed by atoms with van der Waals surface area (Å²) in [7, 11) is 0. The Morgan fingerprint density at radius 2 is 2.15 bits per heavy atom. The first-order chi connectivity index (χ1) is 9.79. The number of hydrogen-bond donors (Lipinski definition) is 2. The van der Waals surface area contributed by atoms with Crippen LogP contribution in [0.25, 0.3) is 0 Å². The van der Waals surface area contributed by atoms with Crippen molar-refractivity contribution in [2.75, 3.05) is 4.90 Å². The number of rotatable bonds is 5. The second-order valence-electron chi connectivity index (χ2n) is 4.99. The molecule has 4 nitrogen and oxygen atoms in total.